The van der Waals surface area contributed by atoms with Gasteiger partial charge in [0.25, 0.3) is 10.0 Å². The van der Waals surface area contributed by atoms with Crippen molar-refractivity contribution in [2.75, 3.05) is 4.72 Å². The summed E-state index contributed by atoms with van der Waals surface area (Å²) in [7, 11) is -3.68. The first-order chi connectivity index (χ1) is 10.5. The smallest absolute Gasteiger partial charge is 0.261 e. The quantitative estimate of drug-likeness (QED) is 0.905. The maximum Gasteiger partial charge on any atom is 0.261 e. The molecule has 0 aromatic heterocycles. The van der Waals surface area contributed by atoms with E-state index < -0.39 is 15.9 Å². The van der Waals surface area contributed by atoms with Gasteiger partial charge < -0.3 is 5.73 Å². The van der Waals surface area contributed by atoms with E-state index in [-0.39, 0.29) is 10.5 Å². The van der Waals surface area contributed by atoms with Gasteiger partial charge >= 0.3 is 0 Å². The van der Waals surface area contributed by atoms with Crippen LogP contribution in [0.4, 0.5) is 5.69 Å². The number of sulfonamides is 1. The van der Waals surface area contributed by atoms with Crippen LogP contribution < -0.4 is 10.5 Å². The fraction of sp³-hybridized carbons (Fsp3) is 0.188. The number of aryl methyl sites for hydroxylation is 2. The minimum absolute atomic E-state index is 0.0954. The van der Waals surface area contributed by atoms with Crippen LogP contribution in [0.5, 0.6) is 0 Å². The number of fused-ring (bicyclic) bond motifs is 1. The molecule has 5 nitrogen and oxygen atoms in total. The van der Waals surface area contributed by atoms with Gasteiger partial charge in [-0.25, -0.2) is 8.42 Å². The van der Waals surface area contributed by atoms with Crippen LogP contribution >= 0.6 is 0 Å². The molecule has 1 aliphatic carbocycles. The SMILES string of the molecule is NC(=O)c1ccc(S(=O)(=O)Nc2ccc3c(c2)CCC3)cc1. The summed E-state index contributed by atoms with van der Waals surface area (Å²) in [5.74, 6) is -0.587. The van der Waals surface area contributed by atoms with E-state index in [4.69, 9.17) is 5.73 Å². The topological polar surface area (TPSA) is 89.3 Å². The Balaban J connectivity index is 1.85. The highest BCUT2D eigenvalue weighted by Crippen LogP contribution is 2.26. The lowest BCUT2D eigenvalue weighted by molar-refractivity contribution is 0.1000. The average Bonchev–Trinajstić information content (AvgIpc) is 2.94. The minimum Gasteiger partial charge on any atom is -0.366 e. The van der Waals surface area contributed by atoms with E-state index in [1.807, 2.05) is 12.1 Å². The fourth-order valence-electron chi connectivity index (χ4n) is 2.65. The summed E-state index contributed by atoms with van der Waals surface area (Å²) in [5.41, 5.74) is 8.46. The van der Waals surface area contributed by atoms with Crippen molar-refractivity contribution in [3.63, 3.8) is 0 Å². The van der Waals surface area contributed by atoms with Gasteiger partial charge in [-0.1, -0.05) is 6.07 Å². The standard InChI is InChI=1S/C16H16N2O3S/c17-16(19)12-5-8-15(9-6-12)22(20,21)18-14-7-4-11-2-1-3-13(11)10-14/h4-10,18H,1-3H2,(H2,17,19). The van der Waals surface area contributed by atoms with E-state index >= 15 is 0 Å². The van der Waals surface area contributed by atoms with Gasteiger partial charge in [-0.3, -0.25) is 9.52 Å². The summed E-state index contributed by atoms with van der Waals surface area (Å²) in [6.07, 6.45) is 3.15. The van der Waals surface area contributed by atoms with Crippen LogP contribution in [0.1, 0.15) is 27.9 Å². The molecule has 1 aliphatic rings. The van der Waals surface area contributed by atoms with E-state index in [2.05, 4.69) is 4.72 Å². The molecule has 22 heavy (non-hydrogen) atoms. The number of amides is 1. The highest BCUT2D eigenvalue weighted by Gasteiger charge is 2.17. The monoisotopic (exact) mass is 316 g/mol. The predicted octanol–water partition coefficient (Wildman–Crippen LogP) is 2.08. The molecule has 0 radical (unpaired) electrons. The van der Waals surface area contributed by atoms with Gasteiger partial charge in [0, 0.05) is 11.3 Å². The van der Waals surface area contributed by atoms with E-state index in [9.17, 15) is 13.2 Å². The molecule has 0 saturated carbocycles. The number of nitrogens with two attached hydrogens (primary N) is 1. The number of nitrogens with one attached hydrogen (secondary N) is 1. The second kappa shape index (κ2) is 5.46. The second-order valence-corrected chi connectivity index (χ2v) is 7.01. The van der Waals surface area contributed by atoms with Crippen LogP contribution in [0, 0.1) is 0 Å². The first kappa shape index (κ1) is 14.6. The Kier molecular flexibility index (Phi) is 3.62. The summed E-state index contributed by atoms with van der Waals surface area (Å²) in [4.78, 5) is 11.1. The molecule has 2 aromatic carbocycles. The van der Waals surface area contributed by atoms with Gasteiger partial charge in [0.05, 0.1) is 4.90 Å². The Morgan fingerprint density at radius 3 is 2.36 bits per heavy atom. The van der Waals surface area contributed by atoms with Gasteiger partial charge in [-0.2, -0.15) is 0 Å². The van der Waals surface area contributed by atoms with Crippen LogP contribution in [-0.2, 0) is 22.9 Å². The lowest BCUT2D eigenvalue weighted by Gasteiger charge is -2.10. The zero-order valence-corrected chi connectivity index (χ0v) is 12.7. The van der Waals surface area contributed by atoms with Crippen LogP contribution in [0.3, 0.4) is 0 Å². The van der Waals surface area contributed by atoms with Crippen molar-refractivity contribution in [3.8, 4) is 0 Å². The Labute approximate surface area is 129 Å². The van der Waals surface area contributed by atoms with Crippen molar-refractivity contribution < 1.29 is 13.2 Å². The van der Waals surface area contributed by atoms with Crippen molar-refractivity contribution in [1.29, 1.82) is 0 Å². The average molecular weight is 316 g/mol. The summed E-state index contributed by atoms with van der Waals surface area (Å²) in [6, 6.07) is 11.2. The van der Waals surface area contributed by atoms with E-state index in [1.165, 1.54) is 35.4 Å². The molecule has 0 spiro atoms. The maximum absolute atomic E-state index is 12.4. The highest BCUT2D eigenvalue weighted by atomic mass is 32.2. The number of benzene rings is 2. The van der Waals surface area contributed by atoms with Crippen molar-refractivity contribution in [3.05, 3.63) is 59.2 Å². The summed E-state index contributed by atoms with van der Waals surface area (Å²) in [6.45, 7) is 0. The number of carbonyl (C=O) groups excluding carboxylic acids is 1. The van der Waals surface area contributed by atoms with Gasteiger partial charge in [0.2, 0.25) is 5.91 Å². The number of rotatable bonds is 4. The van der Waals surface area contributed by atoms with Crippen LogP contribution in [0.15, 0.2) is 47.4 Å². The molecule has 3 N–H and O–H groups in total. The van der Waals surface area contributed by atoms with Crippen LogP contribution in [0.2, 0.25) is 0 Å². The molecular weight excluding hydrogens is 300 g/mol. The van der Waals surface area contributed by atoms with Crippen LogP contribution in [0.25, 0.3) is 0 Å². The third-order valence-electron chi connectivity index (χ3n) is 3.80. The molecule has 0 fully saturated rings. The number of anilines is 1. The molecule has 3 rings (SSSR count). The fourth-order valence-corrected chi connectivity index (χ4v) is 3.70. The molecule has 0 aliphatic heterocycles. The van der Waals surface area contributed by atoms with Gasteiger partial charge in [0.15, 0.2) is 0 Å². The van der Waals surface area contributed by atoms with Crippen molar-refractivity contribution in [2.45, 2.75) is 24.2 Å². The Hall–Kier alpha value is -2.34. The largest absolute Gasteiger partial charge is 0.366 e. The van der Waals surface area contributed by atoms with Gasteiger partial charge in [0.1, 0.15) is 0 Å². The molecule has 0 unspecified atom stereocenters. The Bertz CT molecular complexity index is 827. The third kappa shape index (κ3) is 2.82. The van der Waals surface area contributed by atoms with Crippen LogP contribution in [-0.4, -0.2) is 14.3 Å². The first-order valence-corrected chi connectivity index (χ1v) is 8.48. The minimum atomic E-state index is -3.68. The number of hydrogen-bond donors (Lipinski definition) is 2. The second-order valence-electron chi connectivity index (χ2n) is 5.33. The third-order valence-corrected chi connectivity index (χ3v) is 5.20. The lowest BCUT2D eigenvalue weighted by atomic mass is 10.1. The summed E-state index contributed by atoms with van der Waals surface area (Å²) < 4.78 is 27.3. The van der Waals surface area contributed by atoms with E-state index in [0.29, 0.717) is 5.69 Å². The number of primary amides is 1. The molecule has 0 saturated heterocycles. The number of hydrogen-bond acceptors (Lipinski definition) is 3. The van der Waals surface area contributed by atoms with E-state index in [0.717, 1.165) is 19.3 Å². The summed E-state index contributed by atoms with van der Waals surface area (Å²) >= 11 is 0. The molecule has 2 aromatic rings. The van der Waals surface area contributed by atoms with E-state index in [1.54, 1.807) is 6.07 Å². The van der Waals surface area contributed by atoms with Gasteiger partial charge in [-0.15, -0.1) is 0 Å². The predicted molar refractivity (Wildman–Crippen MR) is 84.2 cm³/mol. The van der Waals surface area contributed by atoms with Crippen molar-refractivity contribution in [1.82, 2.24) is 0 Å². The summed E-state index contributed by atoms with van der Waals surface area (Å²) in [5, 5.41) is 0. The van der Waals surface area contributed by atoms with Crippen molar-refractivity contribution >= 4 is 21.6 Å². The highest BCUT2D eigenvalue weighted by molar-refractivity contribution is 7.92. The zero-order valence-electron chi connectivity index (χ0n) is 11.9. The van der Waals surface area contributed by atoms with Gasteiger partial charge in [-0.05, 0) is 66.8 Å². The Morgan fingerprint density at radius 1 is 1.00 bits per heavy atom. The van der Waals surface area contributed by atoms with Crippen molar-refractivity contribution in [2.24, 2.45) is 5.73 Å². The number of carbonyl (C=O) groups is 1. The molecule has 0 atom stereocenters. The molecule has 1 amide bonds. The zero-order chi connectivity index (χ0) is 15.7. The lowest BCUT2D eigenvalue weighted by Crippen LogP contribution is -2.14. The molecule has 6 heteroatoms. The molecule has 0 bridgehead atoms. The normalized spacial score (nSPS) is 13.6. The molecule has 0 heterocycles. The Morgan fingerprint density at radius 2 is 1.68 bits per heavy atom. The molecule has 114 valence electrons. The first-order valence-electron chi connectivity index (χ1n) is 7.00. The molecular formula is C16H16N2O3S. The maximum atomic E-state index is 12.4.